The minimum absolute atomic E-state index is 0.244. The Morgan fingerprint density at radius 3 is 2.48 bits per heavy atom. The molecule has 2 N–H and O–H groups in total. The summed E-state index contributed by atoms with van der Waals surface area (Å²) >= 11 is 1.83. The fourth-order valence-electron chi connectivity index (χ4n) is 2.91. The summed E-state index contributed by atoms with van der Waals surface area (Å²) in [6, 6.07) is 4.61. The highest BCUT2D eigenvalue weighted by atomic mass is 32.1. The largest absolute Gasteiger partial charge is 0.383 e. The van der Waals surface area contributed by atoms with E-state index in [4.69, 9.17) is 5.73 Å². The van der Waals surface area contributed by atoms with E-state index in [0.29, 0.717) is 11.6 Å². The summed E-state index contributed by atoms with van der Waals surface area (Å²) in [7, 11) is 0. The summed E-state index contributed by atoms with van der Waals surface area (Å²) < 4.78 is 2.28. The van der Waals surface area contributed by atoms with Crippen molar-refractivity contribution in [2.45, 2.75) is 40.7 Å². The normalized spacial score (nSPS) is 13.0. The van der Waals surface area contributed by atoms with Gasteiger partial charge in [0.25, 0.3) is 0 Å². The Bertz CT molecular complexity index is 829. The Labute approximate surface area is 128 Å². The van der Waals surface area contributed by atoms with Crippen LogP contribution in [0.15, 0.2) is 12.1 Å². The number of fused-ring (bicyclic) bond motifs is 1. The molecule has 0 aromatic carbocycles. The van der Waals surface area contributed by atoms with Crippen molar-refractivity contribution in [2.75, 3.05) is 5.73 Å². The summed E-state index contributed by atoms with van der Waals surface area (Å²) in [5.74, 6) is 1.29. The number of rotatable bonds is 2. The molecule has 0 saturated heterocycles. The zero-order valence-electron chi connectivity index (χ0n) is 13.1. The van der Waals surface area contributed by atoms with Crippen molar-refractivity contribution in [1.82, 2.24) is 14.5 Å². The lowest BCUT2D eigenvalue weighted by molar-refractivity contribution is 0.649. The molecule has 0 aliphatic carbocycles. The second kappa shape index (κ2) is 4.84. The van der Waals surface area contributed by atoms with Gasteiger partial charge in [-0.25, -0.2) is 9.97 Å². The van der Waals surface area contributed by atoms with Crippen LogP contribution in [0.5, 0.6) is 0 Å². The first-order valence-corrected chi connectivity index (χ1v) is 7.89. The number of nitrogens with two attached hydrogens (primary N) is 1. The Balaban J connectivity index is 2.29. The molecule has 1 atom stereocenters. The molecule has 4 nitrogen and oxygen atoms in total. The summed E-state index contributed by atoms with van der Waals surface area (Å²) in [5.41, 5.74) is 9.43. The fourth-order valence-corrected chi connectivity index (χ4v) is 3.83. The van der Waals surface area contributed by atoms with Gasteiger partial charge in [-0.15, -0.1) is 11.3 Å². The van der Waals surface area contributed by atoms with Crippen molar-refractivity contribution in [3.63, 3.8) is 0 Å². The predicted molar refractivity (Wildman–Crippen MR) is 89.0 cm³/mol. The molecule has 21 heavy (non-hydrogen) atoms. The maximum atomic E-state index is 6.12. The average molecular weight is 300 g/mol. The third-order valence-electron chi connectivity index (χ3n) is 4.10. The molecule has 3 aromatic rings. The molecular weight excluding hydrogens is 280 g/mol. The van der Waals surface area contributed by atoms with E-state index in [-0.39, 0.29) is 6.04 Å². The first kappa shape index (κ1) is 14.1. The highest BCUT2D eigenvalue weighted by molar-refractivity contribution is 7.12. The first-order chi connectivity index (χ1) is 9.90. The van der Waals surface area contributed by atoms with Gasteiger partial charge in [-0.1, -0.05) is 0 Å². The molecule has 0 aliphatic heterocycles. The van der Waals surface area contributed by atoms with Gasteiger partial charge in [-0.05, 0) is 52.3 Å². The van der Waals surface area contributed by atoms with Gasteiger partial charge in [-0.3, -0.25) is 0 Å². The molecule has 3 heterocycles. The van der Waals surface area contributed by atoms with E-state index in [9.17, 15) is 0 Å². The molecule has 5 heteroatoms. The summed E-state index contributed by atoms with van der Waals surface area (Å²) in [4.78, 5) is 11.6. The standard InChI is InChI=1S/C16H20N4S/c1-8-6-7-13(21-8)11(4)20-10(3)9(2)14-15(17)18-12(5)19-16(14)20/h6-7,11H,1-5H3,(H2,17,18,19). The van der Waals surface area contributed by atoms with Gasteiger partial charge >= 0.3 is 0 Å². The van der Waals surface area contributed by atoms with Gasteiger partial charge in [0.2, 0.25) is 0 Å². The number of hydrogen-bond donors (Lipinski definition) is 1. The van der Waals surface area contributed by atoms with Gasteiger partial charge in [0.15, 0.2) is 0 Å². The topological polar surface area (TPSA) is 56.7 Å². The van der Waals surface area contributed by atoms with Crippen LogP contribution < -0.4 is 5.73 Å². The Morgan fingerprint density at radius 1 is 1.14 bits per heavy atom. The van der Waals surface area contributed by atoms with E-state index in [2.05, 4.69) is 54.4 Å². The van der Waals surface area contributed by atoms with Crippen molar-refractivity contribution in [2.24, 2.45) is 0 Å². The molecular formula is C16H20N4S. The lowest BCUT2D eigenvalue weighted by Crippen LogP contribution is -2.08. The van der Waals surface area contributed by atoms with Crippen LogP contribution in [-0.2, 0) is 0 Å². The van der Waals surface area contributed by atoms with Gasteiger partial charge in [0.1, 0.15) is 17.3 Å². The molecule has 0 fully saturated rings. The minimum Gasteiger partial charge on any atom is -0.383 e. The molecule has 0 aliphatic rings. The SMILES string of the molecule is Cc1nc(N)c2c(C)c(C)n(C(C)c3ccc(C)s3)c2n1. The molecule has 0 bridgehead atoms. The van der Waals surface area contributed by atoms with Crippen molar-refractivity contribution < 1.29 is 0 Å². The van der Waals surface area contributed by atoms with Gasteiger partial charge in [0.05, 0.1) is 11.4 Å². The van der Waals surface area contributed by atoms with Gasteiger partial charge < -0.3 is 10.3 Å². The minimum atomic E-state index is 0.244. The highest BCUT2D eigenvalue weighted by Gasteiger charge is 2.21. The van der Waals surface area contributed by atoms with Gasteiger partial charge in [-0.2, -0.15) is 0 Å². The number of anilines is 1. The van der Waals surface area contributed by atoms with Crippen LogP contribution in [0.2, 0.25) is 0 Å². The molecule has 0 spiro atoms. The Hall–Kier alpha value is -1.88. The number of thiophene rings is 1. The lowest BCUT2D eigenvalue weighted by atomic mass is 10.2. The summed E-state index contributed by atoms with van der Waals surface area (Å²) in [5, 5.41) is 0.984. The zero-order valence-corrected chi connectivity index (χ0v) is 13.9. The van der Waals surface area contributed by atoms with Crippen LogP contribution in [0.25, 0.3) is 11.0 Å². The van der Waals surface area contributed by atoms with E-state index in [1.54, 1.807) is 0 Å². The van der Waals surface area contributed by atoms with Gasteiger partial charge in [0, 0.05) is 15.4 Å². The molecule has 0 saturated carbocycles. The first-order valence-electron chi connectivity index (χ1n) is 7.07. The molecule has 3 aromatic heterocycles. The maximum Gasteiger partial charge on any atom is 0.146 e. The number of aromatic nitrogens is 3. The van der Waals surface area contributed by atoms with Crippen LogP contribution in [-0.4, -0.2) is 14.5 Å². The molecule has 110 valence electrons. The van der Waals surface area contributed by atoms with Crippen molar-refractivity contribution in [1.29, 1.82) is 0 Å². The van der Waals surface area contributed by atoms with Crippen molar-refractivity contribution in [3.8, 4) is 0 Å². The Kier molecular flexibility index (Phi) is 3.24. The molecule has 1 unspecified atom stereocenters. The van der Waals surface area contributed by atoms with Crippen molar-refractivity contribution >= 4 is 28.2 Å². The summed E-state index contributed by atoms with van der Waals surface area (Å²) in [6.07, 6.45) is 0. The maximum absolute atomic E-state index is 6.12. The highest BCUT2D eigenvalue weighted by Crippen LogP contribution is 2.34. The molecule has 3 rings (SSSR count). The van der Waals surface area contributed by atoms with E-state index in [1.165, 1.54) is 21.0 Å². The second-order valence-corrected chi connectivity index (χ2v) is 6.88. The number of hydrogen-bond acceptors (Lipinski definition) is 4. The van der Waals surface area contributed by atoms with E-state index in [0.717, 1.165) is 11.0 Å². The lowest BCUT2D eigenvalue weighted by Gasteiger charge is -2.16. The second-order valence-electron chi connectivity index (χ2n) is 5.56. The number of nitrogen functional groups attached to an aromatic ring is 1. The molecule has 0 radical (unpaired) electrons. The third-order valence-corrected chi connectivity index (χ3v) is 5.27. The van der Waals surface area contributed by atoms with E-state index < -0.39 is 0 Å². The monoisotopic (exact) mass is 300 g/mol. The Morgan fingerprint density at radius 2 is 1.86 bits per heavy atom. The van der Waals surface area contributed by atoms with Crippen molar-refractivity contribution in [3.05, 3.63) is 39.0 Å². The summed E-state index contributed by atoms with van der Waals surface area (Å²) in [6.45, 7) is 10.5. The van der Waals surface area contributed by atoms with Crippen LogP contribution in [0, 0.1) is 27.7 Å². The number of nitrogens with zero attached hydrogens (tertiary/aromatic N) is 3. The van der Waals surface area contributed by atoms with Crippen LogP contribution >= 0.6 is 11.3 Å². The fraction of sp³-hybridized carbons (Fsp3) is 0.375. The molecule has 0 amide bonds. The quantitative estimate of drug-likeness (QED) is 0.780. The van der Waals surface area contributed by atoms with E-state index >= 15 is 0 Å². The average Bonchev–Trinajstić information content (AvgIpc) is 2.93. The van der Waals surface area contributed by atoms with E-state index in [1.807, 2.05) is 18.3 Å². The third kappa shape index (κ3) is 2.12. The number of aryl methyl sites for hydroxylation is 3. The van der Waals surface area contributed by atoms with Crippen LogP contribution in [0.4, 0.5) is 5.82 Å². The van der Waals surface area contributed by atoms with Crippen LogP contribution in [0.1, 0.15) is 39.8 Å². The van der Waals surface area contributed by atoms with Crippen LogP contribution in [0.3, 0.4) is 0 Å². The smallest absolute Gasteiger partial charge is 0.146 e. The zero-order chi connectivity index (χ0) is 15.3. The predicted octanol–water partition coefficient (Wildman–Crippen LogP) is 3.92.